The smallest absolute Gasteiger partial charge is 0.245 e. The highest BCUT2D eigenvalue weighted by Crippen LogP contribution is 2.27. The van der Waals surface area contributed by atoms with Gasteiger partial charge < -0.3 is 24.3 Å². The Bertz CT molecular complexity index is 1130. The van der Waals surface area contributed by atoms with Crippen molar-refractivity contribution >= 4 is 22.9 Å². The molecule has 1 aliphatic rings. The molecule has 188 valence electrons. The van der Waals surface area contributed by atoms with Crippen molar-refractivity contribution in [2.75, 3.05) is 38.7 Å². The van der Waals surface area contributed by atoms with E-state index in [1.165, 1.54) is 6.33 Å². The summed E-state index contributed by atoms with van der Waals surface area (Å²) in [6.07, 6.45) is 7.48. The number of aryl methyl sites for hydroxylation is 2. The summed E-state index contributed by atoms with van der Waals surface area (Å²) in [5.41, 5.74) is 2.14. The number of hydrogen-bond donors (Lipinski definition) is 1. The second-order valence-corrected chi connectivity index (χ2v) is 8.59. The summed E-state index contributed by atoms with van der Waals surface area (Å²) in [5, 5.41) is 3.35. The first-order valence-electron chi connectivity index (χ1n) is 12.2. The van der Waals surface area contributed by atoms with Crippen molar-refractivity contribution in [3.63, 3.8) is 0 Å². The summed E-state index contributed by atoms with van der Waals surface area (Å²) >= 11 is 0. The molecule has 1 amide bonds. The Balaban J connectivity index is 1.51. The topological polar surface area (TPSA) is 120 Å². The Morgan fingerprint density at radius 3 is 2.54 bits per heavy atom. The van der Waals surface area contributed by atoms with E-state index >= 15 is 0 Å². The molecule has 4 heterocycles. The Morgan fingerprint density at radius 2 is 1.89 bits per heavy atom. The van der Waals surface area contributed by atoms with Gasteiger partial charge in [-0.15, -0.1) is 0 Å². The Hall–Kier alpha value is -3.18. The van der Waals surface area contributed by atoms with Crippen LogP contribution in [0.1, 0.15) is 38.9 Å². The highest BCUT2D eigenvalue weighted by Gasteiger charge is 2.29. The third-order valence-electron chi connectivity index (χ3n) is 6.30. The van der Waals surface area contributed by atoms with Crippen molar-refractivity contribution in [3.8, 4) is 11.4 Å². The van der Waals surface area contributed by atoms with E-state index in [1.54, 1.807) is 19.5 Å². The fourth-order valence-corrected chi connectivity index (χ4v) is 4.33. The number of hydrogen-bond acceptors (Lipinski definition) is 9. The summed E-state index contributed by atoms with van der Waals surface area (Å²) in [5.74, 6) is 2.04. The molecule has 1 fully saturated rings. The normalized spacial score (nSPS) is 15.5. The second-order valence-electron chi connectivity index (χ2n) is 8.59. The largest absolute Gasteiger partial charge is 0.382 e. The summed E-state index contributed by atoms with van der Waals surface area (Å²) < 4.78 is 12.9. The van der Waals surface area contributed by atoms with Gasteiger partial charge in [-0.1, -0.05) is 6.92 Å². The molecule has 11 heteroatoms. The maximum Gasteiger partial charge on any atom is 0.245 e. The van der Waals surface area contributed by atoms with Crippen LogP contribution >= 0.6 is 0 Å². The minimum absolute atomic E-state index is 0.0664. The molecule has 4 rings (SSSR count). The number of fused-ring (bicyclic) bond motifs is 1. The molecule has 0 unspecified atom stereocenters. The number of aromatic nitrogens is 6. The minimum atomic E-state index is -0.406. The number of anilines is 1. The number of ether oxygens (including phenoxy) is 2. The predicted octanol–water partition coefficient (Wildman–Crippen LogP) is 2.46. The molecule has 0 aliphatic carbocycles. The molecule has 35 heavy (non-hydrogen) atoms. The molecule has 1 aliphatic heterocycles. The predicted molar refractivity (Wildman–Crippen MR) is 132 cm³/mol. The van der Waals surface area contributed by atoms with E-state index in [2.05, 4.69) is 25.3 Å². The zero-order valence-electron chi connectivity index (χ0n) is 20.9. The fraction of sp³-hybridized carbons (Fsp3) is 0.583. The molecular weight excluding hydrogens is 448 g/mol. The van der Waals surface area contributed by atoms with Crippen LogP contribution in [0.3, 0.4) is 0 Å². The van der Waals surface area contributed by atoms with E-state index in [0.717, 1.165) is 24.2 Å². The van der Waals surface area contributed by atoms with E-state index in [9.17, 15) is 4.79 Å². The zero-order valence-corrected chi connectivity index (χ0v) is 20.9. The third-order valence-corrected chi connectivity index (χ3v) is 6.30. The number of carbonyl (C=O) groups excluding carboxylic acids is 1. The van der Waals surface area contributed by atoms with Gasteiger partial charge in [0.1, 0.15) is 24.0 Å². The summed E-state index contributed by atoms with van der Waals surface area (Å²) in [7, 11) is 1.67. The van der Waals surface area contributed by atoms with E-state index < -0.39 is 6.04 Å². The molecule has 3 aromatic rings. The van der Waals surface area contributed by atoms with Gasteiger partial charge in [-0.25, -0.2) is 24.9 Å². The first-order chi connectivity index (χ1) is 17.0. The maximum atomic E-state index is 13.3. The van der Waals surface area contributed by atoms with Gasteiger partial charge in [0, 0.05) is 39.1 Å². The van der Waals surface area contributed by atoms with Crippen LogP contribution in [0.5, 0.6) is 0 Å². The number of imidazole rings is 1. The standard InChI is InChI=1S/C24H34N8O3/c1-5-19(24(33)31-9-7-18(8-10-31)35-12-11-34-4)29-21-20-23(28-15-27-21)32(6-2)22(30-20)17-13-25-16(3)26-14-17/h13-15,18-19H,5-12H2,1-4H3,(H,27,28,29)/t19-/m0/s1. The van der Waals surface area contributed by atoms with Crippen LogP contribution in [0.25, 0.3) is 22.6 Å². The van der Waals surface area contributed by atoms with E-state index in [1.807, 2.05) is 30.2 Å². The SMILES string of the molecule is CC[C@H](Nc1ncnc2c1nc(-c1cnc(C)nc1)n2CC)C(=O)N1CCC(OCCOC)CC1. The van der Waals surface area contributed by atoms with Crippen molar-refractivity contribution in [1.82, 2.24) is 34.4 Å². The first kappa shape index (κ1) is 24.9. The lowest BCUT2D eigenvalue weighted by Crippen LogP contribution is -2.47. The number of likely N-dealkylation sites (tertiary alicyclic amines) is 1. The summed E-state index contributed by atoms with van der Waals surface area (Å²) in [6.45, 7) is 9.07. The van der Waals surface area contributed by atoms with Crippen molar-refractivity contribution in [3.05, 3.63) is 24.5 Å². The lowest BCUT2D eigenvalue weighted by atomic mass is 10.1. The van der Waals surface area contributed by atoms with Crippen molar-refractivity contribution in [2.24, 2.45) is 0 Å². The number of piperidine rings is 1. The van der Waals surface area contributed by atoms with E-state index in [4.69, 9.17) is 14.5 Å². The van der Waals surface area contributed by atoms with Gasteiger partial charge in [-0.05, 0) is 33.1 Å². The average molecular weight is 483 g/mol. The van der Waals surface area contributed by atoms with Crippen LogP contribution in [0.2, 0.25) is 0 Å². The molecule has 3 aromatic heterocycles. The van der Waals surface area contributed by atoms with Gasteiger partial charge in [-0.2, -0.15) is 0 Å². The molecule has 0 saturated carbocycles. The lowest BCUT2D eigenvalue weighted by molar-refractivity contribution is -0.134. The molecule has 1 saturated heterocycles. The van der Waals surface area contributed by atoms with E-state index in [0.29, 0.717) is 62.1 Å². The molecule has 0 bridgehead atoms. The summed E-state index contributed by atoms with van der Waals surface area (Å²) in [6, 6.07) is -0.406. The second kappa shape index (κ2) is 11.5. The number of carbonyl (C=O) groups is 1. The number of rotatable bonds is 10. The van der Waals surface area contributed by atoms with Crippen LogP contribution in [-0.2, 0) is 20.8 Å². The quantitative estimate of drug-likeness (QED) is 0.434. The van der Waals surface area contributed by atoms with Crippen LogP contribution in [-0.4, -0.2) is 85.9 Å². The molecule has 0 radical (unpaired) electrons. The molecule has 11 nitrogen and oxygen atoms in total. The van der Waals surface area contributed by atoms with Gasteiger partial charge >= 0.3 is 0 Å². The molecule has 0 spiro atoms. The first-order valence-corrected chi connectivity index (χ1v) is 12.2. The third kappa shape index (κ3) is 5.57. The van der Waals surface area contributed by atoms with Crippen LogP contribution in [0.4, 0.5) is 5.82 Å². The molecule has 0 aromatic carbocycles. The number of nitrogens with zero attached hydrogens (tertiary/aromatic N) is 7. The van der Waals surface area contributed by atoms with Crippen LogP contribution in [0.15, 0.2) is 18.7 Å². The lowest BCUT2D eigenvalue weighted by Gasteiger charge is -2.34. The Labute approximate surface area is 205 Å². The summed E-state index contributed by atoms with van der Waals surface area (Å²) in [4.78, 5) is 37.6. The van der Waals surface area contributed by atoms with Gasteiger partial charge in [0.15, 0.2) is 17.0 Å². The fourth-order valence-electron chi connectivity index (χ4n) is 4.33. The van der Waals surface area contributed by atoms with Crippen LogP contribution < -0.4 is 5.32 Å². The number of nitrogens with one attached hydrogen (secondary N) is 1. The zero-order chi connectivity index (χ0) is 24.8. The van der Waals surface area contributed by atoms with Crippen LogP contribution in [0, 0.1) is 6.92 Å². The van der Waals surface area contributed by atoms with E-state index in [-0.39, 0.29) is 12.0 Å². The number of methoxy groups -OCH3 is 1. The minimum Gasteiger partial charge on any atom is -0.382 e. The molecule has 1 N–H and O–H groups in total. The van der Waals surface area contributed by atoms with Gasteiger partial charge in [0.2, 0.25) is 5.91 Å². The van der Waals surface area contributed by atoms with Crippen molar-refractivity contribution < 1.29 is 14.3 Å². The van der Waals surface area contributed by atoms with Crippen molar-refractivity contribution in [1.29, 1.82) is 0 Å². The van der Waals surface area contributed by atoms with Gasteiger partial charge in [-0.3, -0.25) is 4.79 Å². The number of amides is 1. The van der Waals surface area contributed by atoms with Gasteiger partial charge in [0.05, 0.1) is 24.9 Å². The van der Waals surface area contributed by atoms with Crippen molar-refractivity contribution in [2.45, 2.75) is 58.7 Å². The monoisotopic (exact) mass is 482 g/mol. The Kier molecular flexibility index (Phi) is 8.19. The maximum absolute atomic E-state index is 13.3. The highest BCUT2D eigenvalue weighted by molar-refractivity contribution is 5.90. The molecular formula is C24H34N8O3. The average Bonchev–Trinajstić information content (AvgIpc) is 3.27. The Morgan fingerprint density at radius 1 is 1.14 bits per heavy atom. The van der Waals surface area contributed by atoms with Gasteiger partial charge in [0.25, 0.3) is 0 Å². The highest BCUT2D eigenvalue weighted by atomic mass is 16.5. The molecule has 1 atom stereocenters.